The molecule has 4 aromatic rings. The summed E-state index contributed by atoms with van der Waals surface area (Å²) in [6, 6.07) is 12.0. The predicted molar refractivity (Wildman–Crippen MR) is 116 cm³/mol. The lowest BCUT2D eigenvalue weighted by atomic mass is 10.1. The van der Waals surface area contributed by atoms with Gasteiger partial charge in [0.15, 0.2) is 10.9 Å². The van der Waals surface area contributed by atoms with E-state index in [-0.39, 0.29) is 5.82 Å². The van der Waals surface area contributed by atoms with Gasteiger partial charge in [-0.2, -0.15) is 10.4 Å². The van der Waals surface area contributed by atoms with E-state index >= 15 is 0 Å². The second kappa shape index (κ2) is 7.89. The molecule has 0 N–H and O–H groups in total. The SMILES string of the molecule is CCN(c1nc(-c2ccc(F)cc2)c(C#N)s1)c1c2nc(Br)ccc2nn1CC. The molecule has 0 bridgehead atoms. The zero-order valence-corrected chi connectivity index (χ0v) is 18.1. The van der Waals surface area contributed by atoms with Gasteiger partial charge in [0.05, 0.1) is 0 Å². The van der Waals surface area contributed by atoms with Crippen molar-refractivity contribution < 1.29 is 4.39 Å². The second-order valence-electron chi connectivity index (χ2n) is 6.18. The molecule has 0 unspecified atom stereocenters. The Hall–Kier alpha value is -2.83. The highest BCUT2D eigenvalue weighted by atomic mass is 79.9. The summed E-state index contributed by atoms with van der Waals surface area (Å²) < 4.78 is 15.9. The molecule has 6 nitrogen and oxygen atoms in total. The first-order valence-corrected chi connectivity index (χ1v) is 10.6. The third kappa shape index (κ3) is 3.50. The van der Waals surface area contributed by atoms with Gasteiger partial charge in [-0.05, 0) is 66.2 Å². The Kier molecular flexibility index (Phi) is 5.30. The third-order valence-electron chi connectivity index (χ3n) is 4.46. The van der Waals surface area contributed by atoms with Crippen LogP contribution >= 0.6 is 27.3 Å². The van der Waals surface area contributed by atoms with Crippen molar-refractivity contribution in [1.29, 1.82) is 5.26 Å². The summed E-state index contributed by atoms with van der Waals surface area (Å²) in [5, 5.41) is 14.9. The van der Waals surface area contributed by atoms with Crippen molar-refractivity contribution in [2.45, 2.75) is 20.4 Å². The first-order chi connectivity index (χ1) is 14.0. The van der Waals surface area contributed by atoms with Crippen LogP contribution in [0.1, 0.15) is 18.7 Å². The molecule has 0 spiro atoms. The van der Waals surface area contributed by atoms with Crippen LogP contribution in [0.5, 0.6) is 0 Å². The number of nitrogens with zero attached hydrogens (tertiary/aromatic N) is 6. The van der Waals surface area contributed by atoms with Gasteiger partial charge in [-0.25, -0.2) is 19.0 Å². The number of aromatic nitrogens is 4. The van der Waals surface area contributed by atoms with Crippen molar-refractivity contribution in [3.05, 3.63) is 51.7 Å². The van der Waals surface area contributed by atoms with Gasteiger partial charge >= 0.3 is 0 Å². The summed E-state index contributed by atoms with van der Waals surface area (Å²) >= 11 is 4.74. The van der Waals surface area contributed by atoms with Crippen LogP contribution in [-0.2, 0) is 6.54 Å². The van der Waals surface area contributed by atoms with Crippen LogP contribution in [0, 0.1) is 17.1 Å². The highest BCUT2D eigenvalue weighted by Gasteiger charge is 2.24. The maximum Gasteiger partial charge on any atom is 0.192 e. The number of hydrogen-bond donors (Lipinski definition) is 0. The van der Waals surface area contributed by atoms with Crippen molar-refractivity contribution in [1.82, 2.24) is 19.7 Å². The molecule has 0 atom stereocenters. The minimum absolute atomic E-state index is 0.326. The Bertz CT molecular complexity index is 1220. The molecule has 0 aliphatic heterocycles. The first kappa shape index (κ1) is 19.5. The summed E-state index contributed by atoms with van der Waals surface area (Å²) in [5.74, 6) is 0.503. The molecule has 0 saturated heterocycles. The lowest BCUT2D eigenvalue weighted by Gasteiger charge is -2.20. The number of thiazole rings is 1. The van der Waals surface area contributed by atoms with E-state index in [0.29, 0.717) is 34.4 Å². The molecule has 146 valence electrons. The molecule has 3 heterocycles. The summed E-state index contributed by atoms with van der Waals surface area (Å²) in [6.07, 6.45) is 0. The minimum Gasteiger partial charge on any atom is -0.301 e. The number of anilines is 2. The third-order valence-corrected chi connectivity index (χ3v) is 5.89. The second-order valence-corrected chi connectivity index (χ2v) is 7.97. The molecule has 0 fully saturated rings. The zero-order valence-electron chi connectivity index (χ0n) is 15.7. The van der Waals surface area contributed by atoms with Crippen molar-refractivity contribution in [3.63, 3.8) is 0 Å². The van der Waals surface area contributed by atoms with Crippen LogP contribution in [0.25, 0.3) is 22.3 Å². The summed E-state index contributed by atoms with van der Waals surface area (Å²) in [7, 11) is 0. The molecular formula is C20H16BrFN6S. The monoisotopic (exact) mass is 470 g/mol. The van der Waals surface area contributed by atoms with Gasteiger partial charge in [-0.3, -0.25) is 0 Å². The predicted octanol–water partition coefficient (Wildman–Crippen LogP) is 5.51. The van der Waals surface area contributed by atoms with Crippen molar-refractivity contribution in [3.8, 4) is 17.3 Å². The van der Waals surface area contributed by atoms with Gasteiger partial charge in [0.25, 0.3) is 0 Å². The van der Waals surface area contributed by atoms with Crippen LogP contribution in [-0.4, -0.2) is 26.3 Å². The molecule has 0 aliphatic carbocycles. The van der Waals surface area contributed by atoms with Crippen LogP contribution in [0.15, 0.2) is 41.0 Å². The summed E-state index contributed by atoms with van der Waals surface area (Å²) in [6.45, 7) is 5.32. The highest BCUT2D eigenvalue weighted by molar-refractivity contribution is 9.10. The van der Waals surface area contributed by atoms with E-state index in [4.69, 9.17) is 4.98 Å². The number of benzene rings is 1. The van der Waals surface area contributed by atoms with Crippen LogP contribution < -0.4 is 4.90 Å². The maximum absolute atomic E-state index is 13.3. The normalized spacial score (nSPS) is 11.0. The standard InChI is InChI=1S/C20H16BrFN6S/c1-3-27(19-18-14(26-28(19)4-2)9-10-16(21)24-18)20-25-17(15(11-23)29-20)12-5-7-13(22)8-6-12/h5-10H,3-4H2,1-2H3. The topological polar surface area (TPSA) is 70.6 Å². The molecule has 0 saturated carbocycles. The van der Waals surface area contributed by atoms with Gasteiger partial charge < -0.3 is 4.90 Å². The first-order valence-electron chi connectivity index (χ1n) is 9.03. The molecule has 29 heavy (non-hydrogen) atoms. The van der Waals surface area contributed by atoms with E-state index in [9.17, 15) is 9.65 Å². The number of fused-ring (bicyclic) bond motifs is 1. The average Bonchev–Trinajstić information content (AvgIpc) is 3.31. The molecule has 0 radical (unpaired) electrons. The maximum atomic E-state index is 13.3. The van der Waals surface area contributed by atoms with Gasteiger partial charge in [0.2, 0.25) is 0 Å². The van der Waals surface area contributed by atoms with Crippen molar-refractivity contribution in [2.24, 2.45) is 0 Å². The largest absolute Gasteiger partial charge is 0.301 e. The van der Waals surface area contributed by atoms with Crippen LogP contribution in [0.3, 0.4) is 0 Å². The number of hydrogen-bond acceptors (Lipinski definition) is 6. The molecule has 0 amide bonds. The summed E-state index contributed by atoms with van der Waals surface area (Å²) in [5.41, 5.74) is 2.81. The van der Waals surface area contributed by atoms with E-state index in [1.165, 1.54) is 23.5 Å². The minimum atomic E-state index is -0.326. The van der Waals surface area contributed by atoms with E-state index in [2.05, 4.69) is 32.1 Å². The number of pyridine rings is 1. The fourth-order valence-electron chi connectivity index (χ4n) is 3.14. The van der Waals surface area contributed by atoms with E-state index in [1.807, 2.05) is 35.6 Å². The van der Waals surface area contributed by atoms with Crippen molar-refractivity contribution in [2.75, 3.05) is 11.4 Å². The van der Waals surface area contributed by atoms with Gasteiger partial charge in [0, 0.05) is 18.7 Å². The molecule has 9 heteroatoms. The van der Waals surface area contributed by atoms with E-state index in [0.717, 1.165) is 21.5 Å². The summed E-state index contributed by atoms with van der Waals surface area (Å²) in [4.78, 5) is 11.8. The number of aryl methyl sites for hydroxylation is 1. The Morgan fingerprint density at radius 2 is 1.93 bits per heavy atom. The average molecular weight is 471 g/mol. The zero-order chi connectivity index (χ0) is 20.5. The molecule has 3 aromatic heterocycles. The lowest BCUT2D eigenvalue weighted by molar-refractivity contribution is 0.628. The Labute approximate surface area is 179 Å². The van der Waals surface area contributed by atoms with Gasteiger partial charge in [-0.1, -0.05) is 11.3 Å². The van der Waals surface area contributed by atoms with Crippen LogP contribution in [0.4, 0.5) is 15.3 Å². The fourth-order valence-corrected chi connectivity index (χ4v) is 4.40. The molecule has 0 aliphatic rings. The van der Waals surface area contributed by atoms with Crippen molar-refractivity contribution >= 4 is 49.2 Å². The lowest BCUT2D eigenvalue weighted by Crippen LogP contribution is -2.20. The smallest absolute Gasteiger partial charge is 0.192 e. The number of nitriles is 1. The Balaban J connectivity index is 1.88. The highest BCUT2D eigenvalue weighted by Crippen LogP contribution is 2.38. The molecular weight excluding hydrogens is 455 g/mol. The van der Waals surface area contributed by atoms with E-state index in [1.54, 1.807) is 12.1 Å². The fraction of sp³-hybridized carbons (Fsp3) is 0.200. The van der Waals surface area contributed by atoms with Gasteiger partial charge in [-0.15, -0.1) is 0 Å². The van der Waals surface area contributed by atoms with E-state index < -0.39 is 0 Å². The number of halogens is 2. The Morgan fingerprint density at radius 1 is 1.17 bits per heavy atom. The van der Waals surface area contributed by atoms with Gasteiger partial charge in [0.1, 0.15) is 38.1 Å². The quantitative estimate of drug-likeness (QED) is 0.359. The molecule has 4 rings (SSSR count). The van der Waals surface area contributed by atoms with Crippen LogP contribution in [0.2, 0.25) is 0 Å². The molecule has 1 aromatic carbocycles. The Morgan fingerprint density at radius 3 is 2.59 bits per heavy atom. The number of rotatable bonds is 5.